The molecule has 4 aromatic heterocycles. The van der Waals surface area contributed by atoms with Crippen LogP contribution in [0.2, 0.25) is 10.0 Å². The smallest absolute Gasteiger partial charge is 0.413 e. The first-order valence-corrected chi connectivity index (χ1v) is 32.9. The number of rotatable bonds is 22. The molecule has 4 atom stereocenters. The summed E-state index contributed by atoms with van der Waals surface area (Å²) in [5.74, 6) is -1.86. The average molecular weight is 1490 g/mol. The highest BCUT2D eigenvalue weighted by Gasteiger charge is 2.54. The van der Waals surface area contributed by atoms with Crippen molar-refractivity contribution in [3.8, 4) is 33.6 Å². The Balaban J connectivity index is 0.000000210. The fourth-order valence-electron chi connectivity index (χ4n) is 11.4. The quantitative estimate of drug-likeness (QED) is 0.0209. The van der Waals surface area contributed by atoms with Gasteiger partial charge in [-0.2, -0.15) is 38.0 Å². The Morgan fingerprint density at radius 2 is 1.19 bits per heavy atom. The average Bonchev–Trinajstić information content (AvgIpc) is 1.63. The van der Waals surface area contributed by atoms with Crippen LogP contribution >= 0.6 is 35.4 Å². The largest absolute Gasteiger partial charge is 0.461 e. The number of alkyl halides is 8. The van der Waals surface area contributed by atoms with Crippen LogP contribution in [-0.2, 0) is 36.7 Å². The maximum Gasteiger partial charge on any atom is 0.413 e. The molecule has 0 saturated carbocycles. The molecule has 0 spiro atoms. The van der Waals surface area contributed by atoms with Crippen LogP contribution in [0.3, 0.4) is 0 Å². The third-order valence-corrected chi connectivity index (χ3v) is 16.6. The molecular weight excluding hydrogens is 1420 g/mol. The topological polar surface area (TPSA) is 273 Å². The molecule has 5 aromatic carbocycles. The number of carbonyl (C=O) groups is 3. The molecule has 33 heteroatoms. The van der Waals surface area contributed by atoms with E-state index in [1.54, 1.807) is 74.5 Å². The van der Waals surface area contributed by atoms with Gasteiger partial charge in [-0.1, -0.05) is 162 Å². The fourth-order valence-corrected chi connectivity index (χ4v) is 12.0. The van der Waals surface area contributed by atoms with Gasteiger partial charge in [-0.05, 0) is 113 Å². The van der Waals surface area contributed by atoms with Crippen LogP contribution in [0, 0.1) is 10.8 Å². The molecule has 1 aliphatic heterocycles. The molecule has 1 unspecified atom stereocenters. The number of ether oxygens (including phenoxy) is 2. The summed E-state index contributed by atoms with van der Waals surface area (Å²) < 4.78 is 119. The predicted octanol–water partition coefficient (Wildman–Crippen LogP) is 14.6. The number of carbonyl (C=O) groups excluding carboxylic acids is 3. The zero-order valence-corrected chi connectivity index (χ0v) is 59.2. The second kappa shape index (κ2) is 33.6. The van der Waals surface area contributed by atoms with E-state index in [1.807, 2.05) is 71.9 Å². The van der Waals surface area contributed by atoms with E-state index in [-0.39, 0.29) is 63.3 Å². The van der Waals surface area contributed by atoms with Crippen LogP contribution < -0.4 is 21.7 Å². The number of nitrogens with one attached hydrogen (secondary N) is 3. The number of aliphatic hydroxyl groups excluding tert-OH is 2. The number of aromatic nitrogens is 10. The summed E-state index contributed by atoms with van der Waals surface area (Å²) in [6.07, 6.45) is 0.855. The summed E-state index contributed by atoms with van der Waals surface area (Å²) in [6.45, 7) is 13.1. The van der Waals surface area contributed by atoms with Crippen LogP contribution in [-0.4, -0.2) is 107 Å². The highest BCUT2D eigenvalue weighted by Crippen LogP contribution is 2.46. The molecule has 5 heterocycles. The van der Waals surface area contributed by atoms with Crippen molar-refractivity contribution in [3.05, 3.63) is 215 Å². The first-order chi connectivity index (χ1) is 48.6. The van der Waals surface area contributed by atoms with Gasteiger partial charge in [-0.15, -0.1) is 0 Å². The van der Waals surface area contributed by atoms with Crippen molar-refractivity contribution < 1.29 is 69.2 Å². The number of halogens is 10. The fraction of sp³-hybridized carbons (Fsp3) is 0.343. The van der Waals surface area contributed by atoms with Crippen molar-refractivity contribution in [1.29, 1.82) is 0 Å². The van der Waals surface area contributed by atoms with Crippen molar-refractivity contribution >= 4 is 58.5 Å². The first kappa shape index (κ1) is 79.0. The van der Waals surface area contributed by atoms with Crippen molar-refractivity contribution in [2.45, 2.75) is 130 Å². The third-order valence-electron chi connectivity index (χ3n) is 15.7. The minimum atomic E-state index is -2.92. The van der Waals surface area contributed by atoms with Gasteiger partial charge < -0.3 is 36.1 Å². The molecule has 1 fully saturated rings. The van der Waals surface area contributed by atoms with Gasteiger partial charge in [0.05, 0.1) is 65.2 Å². The zero-order valence-electron chi connectivity index (χ0n) is 56.8. The molecule has 0 aliphatic carbocycles. The highest BCUT2D eigenvalue weighted by atomic mass is 35.5. The van der Waals surface area contributed by atoms with Crippen LogP contribution in [0.15, 0.2) is 165 Å². The third kappa shape index (κ3) is 19.4. The summed E-state index contributed by atoms with van der Waals surface area (Å²) >= 11 is 17.8. The minimum absolute atomic E-state index is 0.0431. The molecule has 1 aliphatic rings. The minimum Gasteiger partial charge on any atom is -0.461 e. The Bertz CT molecular complexity index is 4400. The summed E-state index contributed by atoms with van der Waals surface area (Å²) in [5.41, 5.74) is 7.60. The number of nitrogens with two attached hydrogens (primary N) is 1. The van der Waals surface area contributed by atoms with E-state index in [1.165, 1.54) is 54.0 Å². The summed E-state index contributed by atoms with van der Waals surface area (Å²) in [4.78, 5) is 49.2. The number of alkyl carbamates (subject to hydrolysis) is 1. The lowest BCUT2D eigenvalue weighted by Gasteiger charge is -2.39. The Kier molecular flexibility index (Phi) is 25.8. The number of hydrogen-bond acceptors (Lipinski definition) is 16. The number of thiocarbonyl (C=S) groups is 1. The van der Waals surface area contributed by atoms with Gasteiger partial charge in [0.2, 0.25) is 0 Å². The number of nitrogens with zero attached hydrogens (tertiary/aromatic N) is 11. The molecule has 1 saturated heterocycles. The van der Waals surface area contributed by atoms with Crippen molar-refractivity contribution in [2.75, 3.05) is 13.2 Å². The first-order valence-electron chi connectivity index (χ1n) is 31.7. The van der Waals surface area contributed by atoms with Crippen molar-refractivity contribution in [3.63, 3.8) is 0 Å². The second-order valence-electron chi connectivity index (χ2n) is 26.3. The summed E-state index contributed by atoms with van der Waals surface area (Å²) in [5, 5.41) is 43.6. The molecule has 548 valence electrons. The Hall–Kier alpha value is -9.66. The predicted molar refractivity (Wildman–Crippen MR) is 372 cm³/mol. The lowest BCUT2D eigenvalue weighted by Crippen LogP contribution is -2.58. The maximum atomic E-state index is 14.5. The molecule has 7 N–H and O–H groups in total. The van der Waals surface area contributed by atoms with Gasteiger partial charge in [0.1, 0.15) is 30.6 Å². The van der Waals surface area contributed by atoms with E-state index in [9.17, 15) is 54.6 Å². The van der Waals surface area contributed by atoms with Gasteiger partial charge in [0, 0.05) is 23.5 Å². The van der Waals surface area contributed by atoms with E-state index in [4.69, 9.17) is 55.7 Å². The number of aliphatic hydroxyl groups is 2. The SMILES string of the molecule is C=C1N[C@](CC(C)(C)C)(c2ccc(-c3cnn(C(F)F)c3)cc2)C(=O)N1[C@H](CO)c1ccc(Cl)c(-n2ncnc2C(F)F)c1.CC(C)OC(=O)[C@](CC(C)(C)C)(NC(=S)NC(=O)OCc1ccccc1)c1ccc(-c2cnn(C(F)F)c2)cc1.NC(CO)c1ccc(Cl)c(-n2ncnc2C(F)F)c1. The van der Waals surface area contributed by atoms with Gasteiger partial charge in [-0.3, -0.25) is 15.0 Å². The standard InChI is InChI=1S/C30H30ClF4N7O2.C29H34F2N4O4S.C11H11ClF2N4O/c1-17-39-30(15-29(2,3)4,21-8-5-18(6-9-21)20-12-37-40(13-20)28(34)35)27(44)41(17)24(14-43)19-7-10-22(31)23(11-19)42-26(25(32)33)36-16-38-42;1-19(2)39-24(36)29(18-28(3,4)5,34-26(40)33-27(37)38-17-20-9-7-6-8-10-20)23-13-11-21(12-14-23)22-15-32-35(16-22)25(30)31;12-7-2-1-6(8(15)4-19)3-9(7)18-11(10(13)14)16-5-17-18/h5-13,16,24-25,28,39,43H,1,14-15H2,2-4H3;6-16,19,25H,17-18H2,1-5H3,(H2,33,34,37,40);1-3,5,8,10,19H,4,15H2/t24-,30-;29-;/m11./s1. The molecule has 22 nitrogen and oxygen atoms in total. The van der Waals surface area contributed by atoms with Crippen LogP contribution in [0.4, 0.5) is 39.9 Å². The molecule has 0 radical (unpaired) electrons. The number of amides is 2. The highest BCUT2D eigenvalue weighted by molar-refractivity contribution is 7.80. The van der Waals surface area contributed by atoms with Gasteiger partial charge >= 0.3 is 25.2 Å². The molecule has 10 rings (SSSR count). The number of hydrogen-bond donors (Lipinski definition) is 6. The molecular formula is C70H75Cl2F8N15O7S. The van der Waals surface area contributed by atoms with Gasteiger partial charge in [0.25, 0.3) is 18.8 Å². The van der Waals surface area contributed by atoms with E-state index in [2.05, 4.69) is 52.9 Å². The number of esters is 1. The van der Waals surface area contributed by atoms with Crippen LogP contribution in [0.1, 0.15) is 146 Å². The molecule has 9 aromatic rings. The van der Waals surface area contributed by atoms with Crippen LogP contribution in [0.5, 0.6) is 0 Å². The summed E-state index contributed by atoms with van der Waals surface area (Å²) in [6, 6.07) is 30.5. The number of benzene rings is 5. The normalized spacial score (nSPS) is 15.1. The van der Waals surface area contributed by atoms with E-state index in [0.717, 1.165) is 27.6 Å². The van der Waals surface area contributed by atoms with Gasteiger partial charge in [-0.25, -0.2) is 55.8 Å². The Morgan fingerprint density at radius 3 is 1.65 bits per heavy atom. The monoisotopic (exact) mass is 1490 g/mol. The zero-order chi connectivity index (χ0) is 75.5. The molecule has 2 amide bonds. The van der Waals surface area contributed by atoms with Crippen molar-refractivity contribution in [2.24, 2.45) is 16.6 Å². The van der Waals surface area contributed by atoms with E-state index >= 15 is 0 Å². The Labute approximate surface area is 602 Å². The lowest BCUT2D eigenvalue weighted by molar-refractivity contribution is -0.157. The van der Waals surface area contributed by atoms with Gasteiger partial charge in [0.15, 0.2) is 22.3 Å². The lowest BCUT2D eigenvalue weighted by atomic mass is 9.75. The Morgan fingerprint density at radius 1 is 0.689 bits per heavy atom. The summed E-state index contributed by atoms with van der Waals surface area (Å²) in [7, 11) is 0. The van der Waals surface area contributed by atoms with E-state index in [0.29, 0.717) is 60.3 Å². The van der Waals surface area contributed by atoms with Crippen LogP contribution in [0.25, 0.3) is 33.6 Å². The molecule has 0 bridgehead atoms. The molecule has 103 heavy (non-hydrogen) atoms. The maximum absolute atomic E-state index is 14.5. The van der Waals surface area contributed by atoms with Crippen molar-refractivity contribution in [1.82, 2.24) is 69.9 Å². The van der Waals surface area contributed by atoms with E-state index < -0.39 is 90.9 Å². The second-order valence-corrected chi connectivity index (χ2v) is 27.5.